The Morgan fingerprint density at radius 1 is 1.03 bits per heavy atom. The molecule has 1 heterocycles. The van der Waals surface area contributed by atoms with Crippen LogP contribution in [0.5, 0.6) is 5.75 Å². The van der Waals surface area contributed by atoms with Gasteiger partial charge in [0.15, 0.2) is 6.61 Å². The Balaban J connectivity index is 1.46. The summed E-state index contributed by atoms with van der Waals surface area (Å²) in [5.74, 6) is 0.0517. The number of nitrogens with one attached hydrogen (secondary N) is 1. The van der Waals surface area contributed by atoms with Crippen molar-refractivity contribution in [3.63, 3.8) is 0 Å². The second-order valence-electron chi connectivity index (χ2n) is 6.60. The summed E-state index contributed by atoms with van der Waals surface area (Å²) < 4.78 is 24.8. The number of nitrogens with zero attached hydrogens (tertiary/aromatic N) is 2. The molecule has 150 valence electrons. The van der Waals surface area contributed by atoms with E-state index < -0.39 is 11.7 Å². The third-order valence-corrected chi connectivity index (χ3v) is 4.38. The molecule has 4 rings (SSSR count). The number of carbonyl (C=O) groups is 1. The van der Waals surface area contributed by atoms with Crippen LogP contribution in [0.4, 0.5) is 10.1 Å². The minimum atomic E-state index is -0.515. The fourth-order valence-electron chi connectivity index (χ4n) is 2.81. The van der Waals surface area contributed by atoms with Gasteiger partial charge in [-0.3, -0.25) is 4.79 Å². The van der Waals surface area contributed by atoms with Crippen molar-refractivity contribution >= 4 is 11.6 Å². The molecule has 0 aliphatic rings. The van der Waals surface area contributed by atoms with Gasteiger partial charge in [-0.15, -0.1) is 0 Å². The number of amides is 1. The van der Waals surface area contributed by atoms with E-state index in [1.165, 1.54) is 12.1 Å². The fourth-order valence-corrected chi connectivity index (χ4v) is 2.81. The number of carbonyl (C=O) groups excluding carboxylic acids is 1. The van der Waals surface area contributed by atoms with Crippen molar-refractivity contribution in [1.82, 2.24) is 10.1 Å². The first-order valence-electron chi connectivity index (χ1n) is 9.27. The van der Waals surface area contributed by atoms with Gasteiger partial charge in [0.25, 0.3) is 11.8 Å². The molecule has 0 radical (unpaired) electrons. The molecule has 0 aliphatic carbocycles. The van der Waals surface area contributed by atoms with E-state index in [0.717, 1.165) is 11.1 Å². The van der Waals surface area contributed by atoms with Crippen molar-refractivity contribution in [2.24, 2.45) is 0 Å². The summed E-state index contributed by atoms with van der Waals surface area (Å²) in [4.78, 5) is 16.9. The molecule has 0 fully saturated rings. The van der Waals surface area contributed by atoms with E-state index in [-0.39, 0.29) is 23.7 Å². The highest BCUT2D eigenvalue weighted by molar-refractivity contribution is 6.06. The molecule has 0 saturated heterocycles. The highest BCUT2D eigenvalue weighted by atomic mass is 19.1. The molecule has 30 heavy (non-hydrogen) atoms. The highest BCUT2D eigenvalue weighted by Crippen LogP contribution is 2.22. The number of ether oxygens (including phenoxy) is 1. The predicted molar refractivity (Wildman–Crippen MR) is 110 cm³/mol. The first-order valence-corrected chi connectivity index (χ1v) is 9.27. The number of aryl methyl sites for hydroxylation is 1. The van der Waals surface area contributed by atoms with Crippen LogP contribution in [0.2, 0.25) is 0 Å². The number of rotatable bonds is 6. The zero-order valence-electron chi connectivity index (χ0n) is 16.1. The van der Waals surface area contributed by atoms with Gasteiger partial charge in [0, 0.05) is 5.56 Å². The molecule has 1 amide bonds. The number of benzene rings is 3. The largest absolute Gasteiger partial charge is 0.483 e. The van der Waals surface area contributed by atoms with Crippen molar-refractivity contribution in [2.45, 2.75) is 13.5 Å². The molecule has 3 aromatic carbocycles. The molecule has 1 N–H and O–H groups in total. The van der Waals surface area contributed by atoms with Crippen LogP contribution in [0.25, 0.3) is 11.4 Å². The molecule has 0 spiro atoms. The highest BCUT2D eigenvalue weighted by Gasteiger charge is 2.15. The van der Waals surface area contributed by atoms with E-state index in [4.69, 9.17) is 9.26 Å². The SMILES string of the molecule is Cc1ccc(-c2noc(COc3ccccc3C(=O)Nc3ccccc3F)n2)cc1. The normalized spacial score (nSPS) is 10.6. The van der Waals surface area contributed by atoms with Crippen LogP contribution in [0.1, 0.15) is 21.8 Å². The van der Waals surface area contributed by atoms with Crippen molar-refractivity contribution in [1.29, 1.82) is 0 Å². The zero-order chi connectivity index (χ0) is 20.9. The Labute approximate surface area is 172 Å². The molecule has 4 aromatic rings. The van der Waals surface area contributed by atoms with Crippen molar-refractivity contribution in [3.8, 4) is 17.1 Å². The van der Waals surface area contributed by atoms with Crippen molar-refractivity contribution in [3.05, 3.63) is 95.6 Å². The molecule has 0 aliphatic heterocycles. The minimum Gasteiger partial charge on any atom is -0.483 e. The Hall–Kier alpha value is -4.00. The maximum atomic E-state index is 13.8. The van der Waals surface area contributed by atoms with E-state index in [1.54, 1.807) is 36.4 Å². The smallest absolute Gasteiger partial charge is 0.264 e. The quantitative estimate of drug-likeness (QED) is 0.489. The van der Waals surface area contributed by atoms with Crippen LogP contribution in [-0.2, 0) is 6.61 Å². The first kappa shape index (κ1) is 19.3. The Kier molecular flexibility index (Phi) is 5.52. The number of halogens is 1. The predicted octanol–water partition coefficient (Wildman–Crippen LogP) is 5.02. The Bertz CT molecular complexity index is 1170. The van der Waals surface area contributed by atoms with Crippen LogP contribution in [0, 0.1) is 12.7 Å². The van der Waals surface area contributed by atoms with Crippen LogP contribution < -0.4 is 10.1 Å². The zero-order valence-corrected chi connectivity index (χ0v) is 16.1. The number of hydrogen-bond acceptors (Lipinski definition) is 5. The summed E-state index contributed by atoms with van der Waals surface area (Å²) >= 11 is 0. The first-order chi connectivity index (χ1) is 14.6. The van der Waals surface area contributed by atoms with Gasteiger partial charge in [-0.25, -0.2) is 4.39 Å². The fraction of sp³-hybridized carbons (Fsp3) is 0.0870. The summed E-state index contributed by atoms with van der Waals surface area (Å²) in [6.07, 6.45) is 0. The molecule has 0 bridgehead atoms. The minimum absolute atomic E-state index is 0.0111. The second-order valence-corrected chi connectivity index (χ2v) is 6.60. The van der Waals surface area contributed by atoms with Crippen LogP contribution in [-0.4, -0.2) is 16.0 Å². The van der Waals surface area contributed by atoms with Gasteiger partial charge < -0.3 is 14.6 Å². The summed E-state index contributed by atoms with van der Waals surface area (Å²) in [5.41, 5.74) is 2.33. The monoisotopic (exact) mass is 403 g/mol. The third kappa shape index (κ3) is 4.35. The summed E-state index contributed by atoms with van der Waals surface area (Å²) in [6.45, 7) is 1.99. The van der Waals surface area contributed by atoms with Gasteiger partial charge in [-0.05, 0) is 31.2 Å². The second kappa shape index (κ2) is 8.57. The number of hydrogen-bond donors (Lipinski definition) is 1. The molecule has 0 saturated carbocycles. The average molecular weight is 403 g/mol. The lowest BCUT2D eigenvalue weighted by Crippen LogP contribution is -2.14. The van der Waals surface area contributed by atoms with Gasteiger partial charge in [-0.1, -0.05) is 59.3 Å². The van der Waals surface area contributed by atoms with Crippen LogP contribution in [0.3, 0.4) is 0 Å². The van der Waals surface area contributed by atoms with Crippen LogP contribution in [0.15, 0.2) is 77.3 Å². The molecule has 7 heteroatoms. The van der Waals surface area contributed by atoms with E-state index in [9.17, 15) is 9.18 Å². The van der Waals surface area contributed by atoms with Gasteiger partial charge in [0.05, 0.1) is 11.3 Å². The topological polar surface area (TPSA) is 77.2 Å². The van der Waals surface area contributed by atoms with E-state index >= 15 is 0 Å². The maximum absolute atomic E-state index is 13.8. The third-order valence-electron chi connectivity index (χ3n) is 4.38. The molecular weight excluding hydrogens is 385 g/mol. The van der Waals surface area contributed by atoms with Gasteiger partial charge >= 0.3 is 0 Å². The lowest BCUT2D eigenvalue weighted by Gasteiger charge is -2.11. The van der Waals surface area contributed by atoms with Crippen molar-refractivity contribution < 1.29 is 18.4 Å². The Morgan fingerprint density at radius 3 is 2.57 bits per heavy atom. The number of anilines is 1. The standard InChI is InChI=1S/C23H18FN3O3/c1-15-10-12-16(13-11-15)22-26-21(30-27-22)14-29-20-9-5-2-6-17(20)23(28)25-19-8-4-3-7-18(19)24/h2-13H,14H2,1H3,(H,25,28). The van der Waals surface area contributed by atoms with Gasteiger partial charge in [0.1, 0.15) is 11.6 Å². The lowest BCUT2D eigenvalue weighted by atomic mass is 10.1. The number of para-hydroxylation sites is 2. The molecule has 0 unspecified atom stereocenters. The average Bonchev–Trinajstić information content (AvgIpc) is 3.23. The van der Waals surface area contributed by atoms with E-state index in [0.29, 0.717) is 11.6 Å². The number of aromatic nitrogens is 2. The lowest BCUT2D eigenvalue weighted by molar-refractivity contribution is 0.102. The molecular formula is C23H18FN3O3. The maximum Gasteiger partial charge on any atom is 0.264 e. The Morgan fingerprint density at radius 2 is 1.77 bits per heavy atom. The molecule has 0 atom stereocenters. The molecule has 6 nitrogen and oxygen atoms in total. The van der Waals surface area contributed by atoms with E-state index in [1.807, 2.05) is 31.2 Å². The summed E-state index contributed by atoms with van der Waals surface area (Å²) in [7, 11) is 0. The van der Waals surface area contributed by atoms with Crippen LogP contribution >= 0.6 is 0 Å². The summed E-state index contributed by atoms with van der Waals surface area (Å²) in [5, 5.41) is 6.51. The van der Waals surface area contributed by atoms with Crippen molar-refractivity contribution in [2.75, 3.05) is 5.32 Å². The summed E-state index contributed by atoms with van der Waals surface area (Å²) in [6, 6.07) is 20.4. The molecule has 1 aromatic heterocycles. The van der Waals surface area contributed by atoms with Gasteiger partial charge in [-0.2, -0.15) is 4.98 Å². The van der Waals surface area contributed by atoms with Gasteiger partial charge in [0.2, 0.25) is 5.82 Å². The van der Waals surface area contributed by atoms with E-state index in [2.05, 4.69) is 15.5 Å².